The van der Waals surface area contributed by atoms with Crippen molar-refractivity contribution in [2.45, 2.75) is 56.5 Å². The number of sulfonamides is 1. The third-order valence-electron chi connectivity index (χ3n) is 6.32. The van der Waals surface area contributed by atoms with Crippen LogP contribution in [0.4, 0.5) is 4.39 Å². The van der Waals surface area contributed by atoms with Crippen molar-refractivity contribution in [2.24, 2.45) is 0 Å². The van der Waals surface area contributed by atoms with Crippen LogP contribution in [0.3, 0.4) is 0 Å². The zero-order valence-corrected chi connectivity index (χ0v) is 21.3. The zero-order chi connectivity index (χ0) is 26.1. The second-order valence-corrected chi connectivity index (χ2v) is 10.9. The predicted molar refractivity (Wildman–Crippen MR) is 134 cm³/mol. The van der Waals surface area contributed by atoms with E-state index in [0.29, 0.717) is 38.0 Å². The lowest BCUT2D eigenvalue weighted by Crippen LogP contribution is -2.48. The van der Waals surface area contributed by atoms with Crippen LogP contribution >= 0.6 is 0 Å². The molecule has 2 N–H and O–H groups in total. The molecule has 196 valence electrons. The van der Waals surface area contributed by atoms with Gasteiger partial charge >= 0.3 is 0 Å². The maximum atomic E-state index is 13.3. The van der Waals surface area contributed by atoms with Crippen molar-refractivity contribution in [3.63, 3.8) is 0 Å². The van der Waals surface area contributed by atoms with Crippen molar-refractivity contribution < 1.29 is 27.5 Å². The fourth-order valence-corrected chi connectivity index (χ4v) is 5.63. The van der Waals surface area contributed by atoms with Crippen LogP contribution in [0.15, 0.2) is 53.4 Å². The molecular weight excluding hydrogens is 485 g/mol. The Labute approximate surface area is 212 Å². The van der Waals surface area contributed by atoms with Crippen molar-refractivity contribution >= 4 is 21.8 Å². The molecule has 10 heteroatoms. The number of aliphatic hydroxyl groups is 1. The lowest BCUT2D eigenvalue weighted by molar-refractivity contribution is -0.140. The Balaban J connectivity index is 1.67. The number of halogens is 1. The Morgan fingerprint density at radius 1 is 1.06 bits per heavy atom. The first kappa shape index (κ1) is 27.8. The normalized spacial score (nSPS) is 15.0. The Morgan fingerprint density at radius 3 is 2.28 bits per heavy atom. The smallest absolute Gasteiger partial charge is 0.243 e. The van der Waals surface area contributed by atoms with Gasteiger partial charge in [-0.15, -0.1) is 0 Å². The van der Waals surface area contributed by atoms with E-state index in [9.17, 15) is 22.4 Å². The number of rotatable bonds is 12. The second kappa shape index (κ2) is 12.9. The van der Waals surface area contributed by atoms with Gasteiger partial charge in [-0.25, -0.2) is 12.8 Å². The van der Waals surface area contributed by atoms with Crippen molar-refractivity contribution in [3.05, 3.63) is 65.5 Å². The average Bonchev–Trinajstić information content (AvgIpc) is 3.43. The number of aliphatic hydroxyl groups excluding tert-OH is 1. The van der Waals surface area contributed by atoms with E-state index in [1.165, 1.54) is 21.3 Å². The third-order valence-corrected chi connectivity index (χ3v) is 8.23. The number of carbonyl (C=O) groups excluding carboxylic acids is 2. The summed E-state index contributed by atoms with van der Waals surface area (Å²) in [7, 11) is -3.50. The highest BCUT2D eigenvalue weighted by Gasteiger charge is 2.28. The van der Waals surface area contributed by atoms with Crippen molar-refractivity contribution in [1.29, 1.82) is 0 Å². The summed E-state index contributed by atoms with van der Waals surface area (Å²) in [4.78, 5) is 27.5. The Morgan fingerprint density at radius 2 is 1.67 bits per heavy atom. The largest absolute Gasteiger partial charge is 0.396 e. The predicted octanol–water partition coefficient (Wildman–Crippen LogP) is 2.46. The summed E-state index contributed by atoms with van der Waals surface area (Å²) >= 11 is 0. The summed E-state index contributed by atoms with van der Waals surface area (Å²) < 4.78 is 40.3. The number of amides is 2. The van der Waals surface area contributed by atoms with Crippen LogP contribution in [0, 0.1) is 5.82 Å². The van der Waals surface area contributed by atoms with E-state index in [4.69, 9.17) is 5.11 Å². The van der Waals surface area contributed by atoms with E-state index >= 15 is 0 Å². The maximum absolute atomic E-state index is 13.3. The monoisotopic (exact) mass is 519 g/mol. The fourth-order valence-electron chi connectivity index (χ4n) is 4.11. The van der Waals surface area contributed by atoms with Crippen molar-refractivity contribution in [3.8, 4) is 0 Å². The van der Waals surface area contributed by atoms with Crippen molar-refractivity contribution in [1.82, 2.24) is 14.5 Å². The van der Waals surface area contributed by atoms with Gasteiger partial charge in [0.2, 0.25) is 21.8 Å². The summed E-state index contributed by atoms with van der Waals surface area (Å²) in [6, 6.07) is 11.6. The third kappa shape index (κ3) is 7.35. The van der Waals surface area contributed by atoms with E-state index in [-0.39, 0.29) is 42.1 Å². The molecular formula is C26H34FN3O5S. The van der Waals surface area contributed by atoms with Gasteiger partial charge in [0.05, 0.1) is 4.90 Å². The second-order valence-electron chi connectivity index (χ2n) is 8.95. The van der Waals surface area contributed by atoms with Gasteiger partial charge in [-0.1, -0.05) is 24.3 Å². The molecule has 1 atom stereocenters. The molecule has 2 aromatic carbocycles. The minimum atomic E-state index is -3.50. The molecule has 0 saturated carbocycles. The number of benzene rings is 2. The van der Waals surface area contributed by atoms with Gasteiger partial charge in [0.1, 0.15) is 11.9 Å². The standard InChI is InChI=1S/C26H34FN3O5S/c1-20(26(33)28-15-4-18-31)30(19-22-5-10-23(27)11-6-22)25(32)14-9-21-7-12-24(13-8-21)36(34,35)29-16-2-3-17-29/h5-8,10-13,20,31H,2-4,9,14-19H2,1H3,(H,28,33)/t20-/m0/s1. The molecule has 1 aliphatic rings. The summed E-state index contributed by atoms with van der Waals surface area (Å²) in [6.45, 7) is 3.09. The number of nitrogens with one attached hydrogen (secondary N) is 1. The lowest BCUT2D eigenvalue weighted by atomic mass is 10.1. The van der Waals surface area contributed by atoms with Gasteiger partial charge < -0.3 is 15.3 Å². The van der Waals surface area contributed by atoms with Crippen LogP contribution in [0.25, 0.3) is 0 Å². The molecule has 3 rings (SSSR count). The summed E-state index contributed by atoms with van der Waals surface area (Å²) in [6.07, 6.45) is 2.64. The van der Waals surface area contributed by atoms with Crippen LogP contribution < -0.4 is 5.32 Å². The molecule has 1 fully saturated rings. The van der Waals surface area contributed by atoms with Crippen LogP contribution in [-0.2, 0) is 32.6 Å². The number of aryl methyl sites for hydroxylation is 1. The molecule has 2 aromatic rings. The number of nitrogens with zero attached hydrogens (tertiary/aromatic N) is 2. The van der Waals surface area contributed by atoms with E-state index in [1.54, 1.807) is 43.3 Å². The van der Waals surface area contributed by atoms with Crippen LogP contribution in [-0.4, -0.2) is 66.8 Å². The molecule has 2 amide bonds. The first-order chi connectivity index (χ1) is 17.2. The number of carbonyl (C=O) groups is 2. The highest BCUT2D eigenvalue weighted by molar-refractivity contribution is 7.89. The Hall–Kier alpha value is -2.82. The van der Waals surface area contributed by atoms with Gasteiger partial charge in [-0.05, 0) is 68.0 Å². The summed E-state index contributed by atoms with van der Waals surface area (Å²) in [5.74, 6) is -0.977. The van der Waals surface area contributed by atoms with Crippen LogP contribution in [0.1, 0.15) is 43.7 Å². The highest BCUT2D eigenvalue weighted by Crippen LogP contribution is 2.22. The van der Waals surface area contributed by atoms with E-state index in [2.05, 4.69) is 5.32 Å². The number of hydrogen-bond acceptors (Lipinski definition) is 5. The Kier molecular flexibility index (Phi) is 9.98. The number of hydrogen-bond donors (Lipinski definition) is 2. The lowest BCUT2D eigenvalue weighted by Gasteiger charge is -2.29. The molecule has 0 aromatic heterocycles. The highest BCUT2D eigenvalue weighted by atomic mass is 32.2. The minimum absolute atomic E-state index is 0.0506. The van der Waals surface area contributed by atoms with Gasteiger partial charge in [-0.2, -0.15) is 4.31 Å². The SMILES string of the molecule is C[C@@H](C(=O)NCCCO)N(Cc1ccc(F)cc1)C(=O)CCc1ccc(S(=O)(=O)N2CCCC2)cc1. The molecule has 0 unspecified atom stereocenters. The molecule has 1 saturated heterocycles. The molecule has 0 spiro atoms. The van der Waals surface area contributed by atoms with Gasteiger partial charge in [0.25, 0.3) is 0 Å². The molecule has 1 heterocycles. The van der Waals surface area contributed by atoms with Crippen LogP contribution in [0.2, 0.25) is 0 Å². The Bertz CT molecular complexity index is 1120. The zero-order valence-electron chi connectivity index (χ0n) is 20.5. The quantitative estimate of drug-likeness (QED) is 0.419. The van der Waals surface area contributed by atoms with E-state index in [0.717, 1.165) is 18.4 Å². The molecule has 0 radical (unpaired) electrons. The summed E-state index contributed by atoms with van der Waals surface area (Å²) in [5, 5.41) is 11.7. The first-order valence-corrected chi connectivity index (χ1v) is 13.7. The topological polar surface area (TPSA) is 107 Å². The molecule has 0 aliphatic carbocycles. The fraction of sp³-hybridized carbons (Fsp3) is 0.462. The van der Waals surface area contributed by atoms with E-state index in [1.807, 2.05) is 0 Å². The van der Waals surface area contributed by atoms with Crippen LogP contribution in [0.5, 0.6) is 0 Å². The molecule has 36 heavy (non-hydrogen) atoms. The molecule has 8 nitrogen and oxygen atoms in total. The van der Waals surface area contributed by atoms with E-state index < -0.39 is 16.1 Å². The molecule has 1 aliphatic heterocycles. The average molecular weight is 520 g/mol. The molecule has 0 bridgehead atoms. The van der Waals surface area contributed by atoms with Crippen molar-refractivity contribution in [2.75, 3.05) is 26.2 Å². The minimum Gasteiger partial charge on any atom is -0.396 e. The maximum Gasteiger partial charge on any atom is 0.243 e. The first-order valence-electron chi connectivity index (χ1n) is 12.2. The van der Waals surface area contributed by atoms with Gasteiger partial charge in [0.15, 0.2) is 0 Å². The van der Waals surface area contributed by atoms with Gasteiger partial charge in [-0.3, -0.25) is 9.59 Å². The van der Waals surface area contributed by atoms with Gasteiger partial charge in [0, 0.05) is 39.2 Å². The summed E-state index contributed by atoms with van der Waals surface area (Å²) in [5.41, 5.74) is 1.50.